The first kappa shape index (κ1) is 13.6. The first-order valence-electron chi connectivity index (χ1n) is 6.52. The molecule has 104 valence electrons. The Hall–Kier alpha value is -1.39. The van der Waals surface area contributed by atoms with Gasteiger partial charge in [0.15, 0.2) is 0 Å². The summed E-state index contributed by atoms with van der Waals surface area (Å²) < 4.78 is 19.9. The Morgan fingerprint density at radius 1 is 1.20 bits per heavy atom. The third-order valence-corrected chi connectivity index (χ3v) is 4.30. The van der Waals surface area contributed by atoms with E-state index in [1.807, 2.05) is 19.1 Å². The summed E-state index contributed by atoms with van der Waals surface area (Å²) >= 11 is 3.39. The van der Waals surface area contributed by atoms with Crippen molar-refractivity contribution in [2.45, 2.75) is 25.5 Å². The number of benzene rings is 2. The second-order valence-electron chi connectivity index (χ2n) is 5.16. The normalized spacial score (nSPS) is 21.2. The van der Waals surface area contributed by atoms with Crippen LogP contribution in [0.2, 0.25) is 0 Å². The Morgan fingerprint density at radius 3 is 2.75 bits per heavy atom. The Morgan fingerprint density at radius 2 is 2.00 bits per heavy atom. The molecule has 0 saturated carbocycles. The van der Waals surface area contributed by atoms with Crippen LogP contribution in [-0.2, 0) is 0 Å². The number of aryl methyl sites for hydroxylation is 1. The van der Waals surface area contributed by atoms with Crippen LogP contribution in [0.5, 0.6) is 5.75 Å². The highest BCUT2D eigenvalue weighted by Gasteiger charge is 2.28. The Balaban J connectivity index is 1.97. The van der Waals surface area contributed by atoms with Crippen molar-refractivity contribution in [1.29, 1.82) is 0 Å². The van der Waals surface area contributed by atoms with E-state index < -0.39 is 0 Å². The molecule has 2 aromatic rings. The van der Waals surface area contributed by atoms with Crippen LogP contribution in [0.4, 0.5) is 4.39 Å². The van der Waals surface area contributed by atoms with Gasteiger partial charge in [-0.05, 0) is 25.1 Å². The van der Waals surface area contributed by atoms with Gasteiger partial charge in [-0.1, -0.05) is 39.7 Å². The molecule has 0 spiro atoms. The second kappa shape index (κ2) is 5.19. The lowest BCUT2D eigenvalue weighted by Gasteiger charge is -2.31. The maximum Gasteiger partial charge on any atom is 0.127 e. The summed E-state index contributed by atoms with van der Waals surface area (Å²) in [5, 5.41) is 0. The fraction of sp³-hybridized carbons (Fsp3) is 0.250. The molecule has 3 rings (SSSR count). The van der Waals surface area contributed by atoms with Gasteiger partial charge in [0.1, 0.15) is 17.7 Å². The third-order valence-electron chi connectivity index (χ3n) is 3.61. The van der Waals surface area contributed by atoms with Gasteiger partial charge in [0.25, 0.3) is 0 Å². The van der Waals surface area contributed by atoms with Crippen molar-refractivity contribution in [1.82, 2.24) is 0 Å². The van der Waals surface area contributed by atoms with Crippen LogP contribution in [0.3, 0.4) is 0 Å². The lowest BCUT2D eigenvalue weighted by molar-refractivity contribution is 0.160. The molecule has 0 aromatic heterocycles. The maximum absolute atomic E-state index is 13.2. The van der Waals surface area contributed by atoms with Crippen LogP contribution in [-0.4, -0.2) is 0 Å². The highest BCUT2D eigenvalue weighted by atomic mass is 79.9. The van der Waals surface area contributed by atoms with Crippen LogP contribution < -0.4 is 10.5 Å². The topological polar surface area (TPSA) is 35.2 Å². The molecule has 2 atom stereocenters. The highest BCUT2D eigenvalue weighted by molar-refractivity contribution is 9.10. The van der Waals surface area contributed by atoms with E-state index in [0.717, 1.165) is 16.9 Å². The third kappa shape index (κ3) is 2.45. The Labute approximate surface area is 125 Å². The van der Waals surface area contributed by atoms with Crippen molar-refractivity contribution in [2.24, 2.45) is 5.73 Å². The molecule has 2 aromatic carbocycles. The van der Waals surface area contributed by atoms with Crippen LogP contribution in [0, 0.1) is 12.7 Å². The molecule has 0 fully saturated rings. The average Bonchev–Trinajstić information content (AvgIpc) is 2.39. The van der Waals surface area contributed by atoms with Gasteiger partial charge < -0.3 is 10.5 Å². The number of ether oxygens (including phenoxy) is 1. The van der Waals surface area contributed by atoms with Gasteiger partial charge in [-0.25, -0.2) is 4.39 Å². The Bertz CT molecular complexity index is 659. The minimum absolute atomic E-state index is 0.0689. The smallest absolute Gasteiger partial charge is 0.127 e. The van der Waals surface area contributed by atoms with Crippen molar-refractivity contribution in [2.75, 3.05) is 0 Å². The minimum atomic E-state index is -0.267. The molecule has 4 heteroatoms. The first-order chi connectivity index (χ1) is 9.54. The van der Waals surface area contributed by atoms with Gasteiger partial charge >= 0.3 is 0 Å². The summed E-state index contributed by atoms with van der Waals surface area (Å²) in [4.78, 5) is 0. The van der Waals surface area contributed by atoms with E-state index in [1.54, 1.807) is 6.07 Å². The van der Waals surface area contributed by atoms with Gasteiger partial charge in [-0.3, -0.25) is 0 Å². The van der Waals surface area contributed by atoms with Crippen LogP contribution in [0.1, 0.15) is 35.3 Å². The fourth-order valence-electron chi connectivity index (χ4n) is 2.58. The molecule has 0 saturated heterocycles. The average molecular weight is 336 g/mol. The van der Waals surface area contributed by atoms with Gasteiger partial charge in [0.2, 0.25) is 0 Å². The molecule has 2 nitrogen and oxygen atoms in total. The monoisotopic (exact) mass is 335 g/mol. The van der Waals surface area contributed by atoms with E-state index in [0.29, 0.717) is 10.9 Å². The number of hydrogen-bond donors (Lipinski definition) is 1. The number of halogens is 2. The van der Waals surface area contributed by atoms with Crippen LogP contribution in [0.25, 0.3) is 0 Å². The zero-order valence-electron chi connectivity index (χ0n) is 11.1. The molecular formula is C16H15BrFNO. The highest BCUT2D eigenvalue weighted by Crippen LogP contribution is 2.41. The lowest BCUT2D eigenvalue weighted by Crippen LogP contribution is -2.24. The van der Waals surface area contributed by atoms with Crippen molar-refractivity contribution in [3.8, 4) is 5.75 Å². The number of rotatable bonds is 1. The number of hydrogen-bond acceptors (Lipinski definition) is 2. The zero-order chi connectivity index (χ0) is 14.3. The molecule has 2 N–H and O–H groups in total. The van der Waals surface area contributed by atoms with E-state index in [2.05, 4.69) is 22.0 Å². The SMILES string of the molecule is Cc1ccc2c(c1)[C@@H](N)CC(c1ccc(F)cc1Br)O2. The molecule has 0 amide bonds. The van der Waals surface area contributed by atoms with Crippen molar-refractivity contribution in [3.63, 3.8) is 0 Å². The molecule has 0 aliphatic carbocycles. The molecule has 1 aliphatic heterocycles. The lowest BCUT2D eigenvalue weighted by atomic mass is 9.92. The summed E-state index contributed by atoms with van der Waals surface area (Å²) in [7, 11) is 0. The zero-order valence-corrected chi connectivity index (χ0v) is 12.7. The quantitative estimate of drug-likeness (QED) is 0.837. The van der Waals surface area contributed by atoms with Gasteiger partial charge in [-0.2, -0.15) is 0 Å². The van der Waals surface area contributed by atoms with Gasteiger partial charge in [0.05, 0.1) is 0 Å². The van der Waals surface area contributed by atoms with Gasteiger partial charge in [0, 0.05) is 28.1 Å². The number of nitrogens with two attached hydrogens (primary N) is 1. The fourth-order valence-corrected chi connectivity index (χ4v) is 3.18. The summed E-state index contributed by atoms with van der Waals surface area (Å²) in [5.74, 6) is 0.548. The predicted octanol–water partition coefficient (Wildman–Crippen LogP) is 4.42. The summed E-state index contributed by atoms with van der Waals surface area (Å²) in [6.45, 7) is 2.04. The van der Waals surface area contributed by atoms with E-state index in [4.69, 9.17) is 10.5 Å². The van der Waals surface area contributed by atoms with Crippen molar-refractivity contribution >= 4 is 15.9 Å². The molecule has 1 heterocycles. The summed E-state index contributed by atoms with van der Waals surface area (Å²) in [6.07, 6.45) is 0.524. The number of fused-ring (bicyclic) bond motifs is 1. The minimum Gasteiger partial charge on any atom is -0.485 e. The second-order valence-corrected chi connectivity index (χ2v) is 6.01. The van der Waals surface area contributed by atoms with Crippen molar-refractivity contribution < 1.29 is 9.13 Å². The van der Waals surface area contributed by atoms with Crippen LogP contribution >= 0.6 is 15.9 Å². The molecule has 1 unspecified atom stereocenters. The largest absolute Gasteiger partial charge is 0.485 e. The van der Waals surface area contributed by atoms with E-state index >= 15 is 0 Å². The Kier molecular flexibility index (Phi) is 3.52. The molecule has 1 aliphatic rings. The molecule has 0 bridgehead atoms. The van der Waals surface area contributed by atoms with E-state index in [1.165, 1.54) is 17.7 Å². The van der Waals surface area contributed by atoms with E-state index in [-0.39, 0.29) is 18.0 Å². The van der Waals surface area contributed by atoms with Crippen LogP contribution in [0.15, 0.2) is 40.9 Å². The summed E-state index contributed by atoms with van der Waals surface area (Å²) in [6, 6.07) is 10.6. The molecule has 20 heavy (non-hydrogen) atoms. The molecular weight excluding hydrogens is 321 g/mol. The predicted molar refractivity (Wildman–Crippen MR) is 80.2 cm³/mol. The standard InChI is InChI=1S/C16H15BrFNO/c1-9-2-5-15-12(6-9)14(19)8-16(20-15)11-4-3-10(18)7-13(11)17/h2-7,14,16H,8,19H2,1H3/t14-,16?/m0/s1. The maximum atomic E-state index is 13.2. The molecule has 0 radical (unpaired) electrons. The first-order valence-corrected chi connectivity index (χ1v) is 7.31. The van der Waals surface area contributed by atoms with E-state index in [9.17, 15) is 4.39 Å². The van der Waals surface area contributed by atoms with Crippen molar-refractivity contribution in [3.05, 3.63) is 63.4 Å². The van der Waals surface area contributed by atoms with Gasteiger partial charge in [-0.15, -0.1) is 0 Å². The summed E-state index contributed by atoms with van der Waals surface area (Å²) in [5.41, 5.74) is 9.39.